The fourth-order valence-corrected chi connectivity index (χ4v) is 14.4. The molecule has 0 saturated carbocycles. The highest BCUT2D eigenvalue weighted by atomic mass is 32.2. The number of likely N-dealkylation sites (N-methyl/N-ethyl adjacent to an activating group) is 1. The molecule has 0 atom stereocenters. The highest BCUT2D eigenvalue weighted by molar-refractivity contribution is 7.91. The third kappa shape index (κ3) is 46.8. The van der Waals surface area contributed by atoms with Crippen molar-refractivity contribution in [2.24, 2.45) is 63.7 Å². The van der Waals surface area contributed by atoms with Gasteiger partial charge in [0.25, 0.3) is 5.89 Å². The second kappa shape index (κ2) is 53.8. The van der Waals surface area contributed by atoms with E-state index in [1.54, 1.807) is 39.7 Å². The van der Waals surface area contributed by atoms with Crippen LogP contribution in [0.15, 0.2) is 72.6 Å². The predicted molar refractivity (Wildman–Crippen MR) is 440 cm³/mol. The summed E-state index contributed by atoms with van der Waals surface area (Å²) in [5.74, 6) is 5.80. The Bertz CT molecular complexity index is 3580. The third-order valence-corrected chi connectivity index (χ3v) is 23.0. The molecule has 13 rings (SSSR count). The molecule has 0 unspecified atom stereocenters. The summed E-state index contributed by atoms with van der Waals surface area (Å²) in [4.78, 5) is 69.9. The number of carbonyl (C=O) groups excluding carboxylic acids is 3. The number of nitrogens with one attached hydrogen (secondary N) is 1. The molecule has 0 spiro atoms. The number of ether oxygens (including phenoxy) is 1. The number of oxazole rings is 1. The van der Waals surface area contributed by atoms with Gasteiger partial charge in [0.05, 0.1) is 66.8 Å². The number of aryl methyl sites for hydroxylation is 10. The van der Waals surface area contributed by atoms with Gasteiger partial charge in [0.2, 0.25) is 21.8 Å². The summed E-state index contributed by atoms with van der Waals surface area (Å²) in [6, 6.07) is 3.89. The first kappa shape index (κ1) is 101. The molecule has 6 aromatic heterocycles. The lowest BCUT2D eigenvalue weighted by molar-refractivity contribution is -0.138. The first-order valence-electron chi connectivity index (χ1n) is 39.7. The molecule has 7 aliphatic rings. The number of sulfonamides is 1. The van der Waals surface area contributed by atoms with Gasteiger partial charge in [0.15, 0.2) is 0 Å². The van der Waals surface area contributed by atoms with Crippen molar-refractivity contribution in [3.8, 4) is 0 Å². The van der Waals surface area contributed by atoms with E-state index in [1.807, 2.05) is 154 Å². The maximum Gasteiger partial charge on any atom is 0.317 e. The van der Waals surface area contributed by atoms with Crippen LogP contribution in [-0.4, -0.2) is 269 Å². The molecular formula is C80H142FN17O12S2. The van der Waals surface area contributed by atoms with Crippen LogP contribution in [0.5, 0.6) is 0 Å². The molecule has 29 nitrogen and oxygen atoms in total. The SMILES string of the molecule is CC1(F)CCOCC1.CC1CCN(C(=O)CN(C)C)CC1.CC1CCN(C(=O)CO)CC1.CC1CCN(C(=O)c2ncco2)CC1.CC1CCN(CC(=O)O)CC1.CC1CCN(S(C)(=O)=O)CC1.CC1CCS(=O)(=O)CC1.Cc1ccn(C)n1.Cc1ccn[nH]1.Cc1cn(C)c(C)n1.Cc1cn(C)cn1.Cc1cncn1C. The van der Waals surface area contributed by atoms with E-state index < -0.39 is 31.5 Å². The van der Waals surface area contributed by atoms with Gasteiger partial charge in [-0.2, -0.15) is 10.2 Å². The third-order valence-electron chi connectivity index (χ3n) is 20.0. The highest BCUT2D eigenvalue weighted by Crippen LogP contribution is 2.24. The quantitative estimate of drug-likeness (QED) is 0.134. The Morgan fingerprint density at radius 2 is 1.13 bits per heavy atom. The number of nitrogens with zero attached hydrogens (tertiary/aromatic N) is 16. The van der Waals surface area contributed by atoms with Crippen molar-refractivity contribution in [2.75, 3.05) is 130 Å². The number of imidazole rings is 3. The zero-order chi connectivity index (χ0) is 84.2. The van der Waals surface area contributed by atoms with E-state index in [0.29, 0.717) is 69.0 Å². The lowest BCUT2D eigenvalue weighted by Gasteiger charge is -2.31. The number of rotatable bonds is 7. The van der Waals surface area contributed by atoms with Crippen LogP contribution in [0.25, 0.3) is 0 Å². The lowest BCUT2D eigenvalue weighted by Crippen LogP contribution is -2.42. The summed E-state index contributed by atoms with van der Waals surface area (Å²) in [5.41, 5.74) is 4.59. The Morgan fingerprint density at radius 1 is 0.643 bits per heavy atom. The number of amides is 3. The van der Waals surface area contributed by atoms with E-state index in [1.165, 1.54) is 37.3 Å². The number of piperidine rings is 5. The number of carbonyl (C=O) groups is 4. The Balaban J connectivity index is 0.000000418. The van der Waals surface area contributed by atoms with E-state index in [0.717, 1.165) is 169 Å². The van der Waals surface area contributed by atoms with Crippen LogP contribution in [0, 0.1) is 77.0 Å². The van der Waals surface area contributed by atoms with Crippen LogP contribution in [0.1, 0.15) is 183 Å². The molecule has 13 heterocycles. The minimum atomic E-state index is -2.92. The molecule has 7 fully saturated rings. The van der Waals surface area contributed by atoms with E-state index in [9.17, 15) is 40.4 Å². The number of aliphatic hydroxyl groups is 1. The summed E-state index contributed by atoms with van der Waals surface area (Å²) in [7, 11) is 6.18. The van der Waals surface area contributed by atoms with Crippen molar-refractivity contribution in [3.05, 3.63) is 108 Å². The average molecular weight is 1620 g/mol. The Hall–Kier alpha value is -7.23. The summed E-state index contributed by atoms with van der Waals surface area (Å²) in [6.45, 7) is 36.8. The molecule has 3 N–H and O–H groups in total. The van der Waals surface area contributed by atoms with Crippen LogP contribution in [0.4, 0.5) is 4.39 Å². The fourth-order valence-electron chi connectivity index (χ4n) is 11.8. The number of halogens is 1. The number of aromatic nitrogens is 11. The van der Waals surface area contributed by atoms with Crippen molar-refractivity contribution >= 4 is 43.6 Å². The number of H-pyrrole nitrogens is 1. The molecule has 0 aromatic carbocycles. The molecule has 638 valence electrons. The Labute approximate surface area is 670 Å². The molecule has 112 heavy (non-hydrogen) atoms. The van der Waals surface area contributed by atoms with Crippen LogP contribution in [0.3, 0.4) is 0 Å². The molecule has 0 aliphatic carbocycles. The standard InChI is InChI=1S/C10H14N2O2.C10H20N2O.2C8H15NO2.C7H15NO2S.C6H11FO.C6H10N2.C6H12O2S.3C5H8N2.C4H6N2/c1-8-2-5-12(6-3-8)10(13)9-11-4-7-14-9;1-9-4-6-12(7-5-9)10(13)8-11(2)3;1-7-2-4-9(5-3-7)8(11)6-10;1-7-2-4-9(5-3-7)6-8(10)11;1-7-3-5-8(6-4-7)11(2,9)10;1-6(7)2-4-8-5-3-6;1-5-4-8(3)6(2)7-5;1-6-2-4-9(7,8)5-3-6;1-5-3-7(2)4-6-5;1-5-3-6-4-7(5)2;1-5-3-4-7(2)6-5;1-4-2-3-5-6-4/h4,7-8H,2-3,5-6H2,1H3;9H,4-8H2,1-3H3;7,10H,2-6H2,1H3;7H,2-6H2,1H3,(H,10,11);7H,3-6H2,1-2H3;2-5H2,1H3;4H,1-3H3;6H,2-5H2,1H3;3*3-4H,1-2H3;2-3H,1H3,(H,5,6). The molecule has 6 aromatic rings. The highest BCUT2D eigenvalue weighted by Gasteiger charge is 2.28. The van der Waals surface area contributed by atoms with Crippen molar-refractivity contribution in [1.82, 2.24) is 82.4 Å². The van der Waals surface area contributed by atoms with Gasteiger partial charge < -0.3 is 52.7 Å². The van der Waals surface area contributed by atoms with E-state index in [-0.39, 0.29) is 36.8 Å². The minimum Gasteiger partial charge on any atom is -0.480 e. The first-order valence-corrected chi connectivity index (χ1v) is 43.4. The lowest BCUT2D eigenvalue weighted by atomic mass is 9.99. The summed E-state index contributed by atoms with van der Waals surface area (Å²) < 4.78 is 75.6. The minimum absolute atomic E-state index is 0.0816. The number of likely N-dealkylation sites (tertiary alicyclic amines) is 4. The maximum atomic E-state index is 12.8. The number of hydrogen-bond acceptors (Lipinski definition) is 19. The van der Waals surface area contributed by atoms with Crippen molar-refractivity contribution < 1.29 is 59.8 Å². The van der Waals surface area contributed by atoms with Gasteiger partial charge in [0, 0.05) is 149 Å². The molecule has 32 heteroatoms. The van der Waals surface area contributed by atoms with Crippen LogP contribution in [0.2, 0.25) is 0 Å². The summed E-state index contributed by atoms with van der Waals surface area (Å²) >= 11 is 0. The number of carboxylic acids is 1. The van der Waals surface area contributed by atoms with Gasteiger partial charge in [-0.3, -0.25) is 33.9 Å². The zero-order valence-electron chi connectivity index (χ0n) is 71.6. The van der Waals surface area contributed by atoms with Crippen LogP contribution < -0.4 is 0 Å². The largest absolute Gasteiger partial charge is 0.480 e. The van der Waals surface area contributed by atoms with Gasteiger partial charge in [0.1, 0.15) is 34.2 Å². The number of aliphatic hydroxyl groups excluding tert-OH is 1. The number of aromatic amines is 1. The van der Waals surface area contributed by atoms with Gasteiger partial charge in [-0.05, 0) is 200 Å². The number of sulfone groups is 1. The fraction of sp³-hybridized carbons (Fsp3) is 0.725. The van der Waals surface area contributed by atoms with Crippen molar-refractivity contribution in [2.45, 2.75) is 186 Å². The normalized spacial score (nSPS) is 18.3. The number of aliphatic carboxylic acids is 1. The maximum absolute atomic E-state index is 12.8. The van der Waals surface area contributed by atoms with Crippen molar-refractivity contribution in [1.29, 1.82) is 0 Å². The van der Waals surface area contributed by atoms with E-state index in [4.69, 9.17) is 19.4 Å². The smallest absolute Gasteiger partial charge is 0.317 e. The van der Waals surface area contributed by atoms with E-state index >= 15 is 0 Å². The Kier molecular flexibility index (Phi) is 48.4. The zero-order valence-corrected chi connectivity index (χ0v) is 73.2. The molecule has 7 saturated heterocycles. The Morgan fingerprint density at radius 3 is 1.41 bits per heavy atom. The summed E-state index contributed by atoms with van der Waals surface area (Å²) in [5, 5.41) is 27.5. The monoisotopic (exact) mass is 1620 g/mol. The second-order valence-electron chi connectivity index (χ2n) is 31.6. The van der Waals surface area contributed by atoms with Gasteiger partial charge >= 0.3 is 11.9 Å². The molecule has 7 aliphatic heterocycles. The molecule has 3 amide bonds. The van der Waals surface area contributed by atoms with Crippen LogP contribution in [-0.2, 0) is 67.2 Å². The molecular weight excluding hydrogens is 1470 g/mol. The average Bonchev–Trinajstić information content (AvgIpc) is 0.866. The van der Waals surface area contributed by atoms with Crippen molar-refractivity contribution in [3.63, 3.8) is 0 Å². The van der Waals surface area contributed by atoms with E-state index in [2.05, 4.69) is 76.8 Å². The predicted octanol–water partition coefficient (Wildman–Crippen LogP) is 10.4. The summed E-state index contributed by atoms with van der Waals surface area (Å²) in [6.07, 6.45) is 31.0. The number of hydrogen-bond donors (Lipinski definition) is 3. The second-order valence-corrected chi connectivity index (χ2v) is 35.9. The molecule has 0 radical (unpaired) electrons. The number of carboxylic acid groups (broad SMARTS) is 1. The van der Waals surface area contributed by atoms with Crippen LogP contribution >= 0.6 is 0 Å². The number of alkyl halides is 1. The van der Waals surface area contributed by atoms with Gasteiger partial charge in [-0.1, -0.05) is 41.5 Å². The topological polar surface area (TPSA) is 332 Å². The molecule has 0 bridgehead atoms. The first-order chi connectivity index (χ1) is 52.6. The van der Waals surface area contributed by atoms with Gasteiger partial charge in [-0.15, -0.1) is 0 Å². The van der Waals surface area contributed by atoms with Gasteiger partial charge in [-0.25, -0.2) is 45.5 Å².